The summed E-state index contributed by atoms with van der Waals surface area (Å²) in [5.74, 6) is 1.60. The van der Waals surface area contributed by atoms with Crippen LogP contribution in [0.1, 0.15) is 16.7 Å². The van der Waals surface area contributed by atoms with Gasteiger partial charge in [-0.2, -0.15) is 0 Å². The quantitative estimate of drug-likeness (QED) is 0.537. The van der Waals surface area contributed by atoms with E-state index in [1.807, 2.05) is 60.1 Å². The van der Waals surface area contributed by atoms with Crippen molar-refractivity contribution in [2.24, 2.45) is 0 Å². The summed E-state index contributed by atoms with van der Waals surface area (Å²) in [7, 11) is 1.68. The predicted octanol–water partition coefficient (Wildman–Crippen LogP) is 3.82. The summed E-state index contributed by atoms with van der Waals surface area (Å²) in [5, 5.41) is 12.5. The van der Waals surface area contributed by atoms with Gasteiger partial charge in [0.25, 0.3) is 0 Å². The van der Waals surface area contributed by atoms with E-state index in [4.69, 9.17) is 9.84 Å². The lowest BCUT2D eigenvalue weighted by molar-refractivity contribution is 0.282. The first-order chi connectivity index (χ1) is 13.7. The standard InChI is InChI=1S/C22H22N4O2/c1-15-11-18(7-8-20(15)28-2)19-13-25-22-21(23-9-10-26(19)22)24-12-16-3-5-17(14-27)6-4-16/h3-11,13,27H,12,14H2,1-2H3,(H,23,24). The molecule has 2 aromatic heterocycles. The highest BCUT2D eigenvalue weighted by atomic mass is 16.5. The summed E-state index contributed by atoms with van der Waals surface area (Å²) in [6, 6.07) is 13.9. The maximum Gasteiger partial charge on any atom is 0.180 e. The van der Waals surface area contributed by atoms with Crippen molar-refractivity contribution in [3.05, 3.63) is 77.7 Å². The molecule has 0 aliphatic rings. The van der Waals surface area contributed by atoms with Crippen LogP contribution in [0.5, 0.6) is 5.75 Å². The Morgan fingerprint density at radius 2 is 1.86 bits per heavy atom. The molecule has 28 heavy (non-hydrogen) atoms. The number of nitrogens with zero attached hydrogens (tertiary/aromatic N) is 3. The van der Waals surface area contributed by atoms with Gasteiger partial charge in [-0.15, -0.1) is 0 Å². The molecule has 142 valence electrons. The fourth-order valence-corrected chi connectivity index (χ4v) is 3.24. The number of aliphatic hydroxyl groups is 1. The van der Waals surface area contributed by atoms with Gasteiger partial charge >= 0.3 is 0 Å². The Bertz CT molecular complexity index is 1100. The Hall–Kier alpha value is -3.38. The van der Waals surface area contributed by atoms with Gasteiger partial charge in [-0.05, 0) is 41.8 Å². The first-order valence-electron chi connectivity index (χ1n) is 9.09. The minimum absolute atomic E-state index is 0.0518. The maximum absolute atomic E-state index is 9.15. The van der Waals surface area contributed by atoms with Crippen molar-refractivity contribution < 1.29 is 9.84 Å². The largest absolute Gasteiger partial charge is 0.496 e. The molecule has 0 unspecified atom stereocenters. The zero-order valence-electron chi connectivity index (χ0n) is 15.9. The lowest BCUT2D eigenvalue weighted by Gasteiger charge is -2.09. The molecule has 0 aliphatic heterocycles. The molecule has 0 bridgehead atoms. The first-order valence-corrected chi connectivity index (χ1v) is 9.09. The number of aromatic nitrogens is 3. The van der Waals surface area contributed by atoms with E-state index in [9.17, 15) is 0 Å². The molecule has 0 aliphatic carbocycles. The van der Waals surface area contributed by atoms with E-state index in [2.05, 4.69) is 21.4 Å². The van der Waals surface area contributed by atoms with Crippen LogP contribution >= 0.6 is 0 Å². The Labute approximate surface area is 163 Å². The number of imidazole rings is 1. The van der Waals surface area contributed by atoms with Crippen LogP contribution in [0.25, 0.3) is 16.9 Å². The Morgan fingerprint density at radius 3 is 2.57 bits per heavy atom. The number of nitrogens with one attached hydrogen (secondary N) is 1. The number of benzene rings is 2. The van der Waals surface area contributed by atoms with Crippen LogP contribution in [0.2, 0.25) is 0 Å². The third-order valence-corrected chi connectivity index (χ3v) is 4.78. The molecule has 0 radical (unpaired) electrons. The van der Waals surface area contributed by atoms with Gasteiger partial charge in [0, 0.05) is 24.5 Å². The molecule has 2 heterocycles. The van der Waals surface area contributed by atoms with E-state index in [1.54, 1.807) is 13.3 Å². The fraction of sp³-hybridized carbons (Fsp3) is 0.182. The number of methoxy groups -OCH3 is 1. The molecule has 0 amide bonds. The highest BCUT2D eigenvalue weighted by Gasteiger charge is 2.11. The van der Waals surface area contributed by atoms with Crippen molar-refractivity contribution in [3.8, 4) is 17.0 Å². The molecule has 0 saturated carbocycles. The lowest BCUT2D eigenvalue weighted by atomic mass is 10.1. The minimum atomic E-state index is 0.0518. The van der Waals surface area contributed by atoms with Crippen LogP contribution in [-0.4, -0.2) is 26.6 Å². The van der Waals surface area contributed by atoms with E-state index in [-0.39, 0.29) is 6.61 Å². The number of fused-ring (bicyclic) bond motifs is 1. The zero-order chi connectivity index (χ0) is 19.5. The van der Waals surface area contributed by atoms with E-state index < -0.39 is 0 Å². The molecule has 0 saturated heterocycles. The minimum Gasteiger partial charge on any atom is -0.496 e. The highest BCUT2D eigenvalue weighted by Crippen LogP contribution is 2.28. The summed E-state index contributed by atoms with van der Waals surface area (Å²) < 4.78 is 7.39. The molecular formula is C22H22N4O2. The molecule has 6 heteroatoms. The van der Waals surface area contributed by atoms with E-state index in [0.717, 1.165) is 45.2 Å². The molecule has 2 aromatic carbocycles. The summed E-state index contributed by atoms with van der Waals surface area (Å²) >= 11 is 0. The summed E-state index contributed by atoms with van der Waals surface area (Å²) in [6.07, 6.45) is 5.55. The number of ether oxygens (including phenoxy) is 1. The third-order valence-electron chi connectivity index (χ3n) is 4.78. The number of hydrogen-bond acceptors (Lipinski definition) is 5. The molecule has 4 aromatic rings. The lowest BCUT2D eigenvalue weighted by Crippen LogP contribution is -2.04. The molecule has 2 N–H and O–H groups in total. The number of anilines is 1. The summed E-state index contributed by atoms with van der Waals surface area (Å²) in [6.45, 7) is 2.71. The van der Waals surface area contributed by atoms with Crippen molar-refractivity contribution >= 4 is 11.5 Å². The first kappa shape index (κ1) is 18.0. The number of rotatable bonds is 6. The Balaban J connectivity index is 1.62. The smallest absolute Gasteiger partial charge is 0.180 e. The average Bonchev–Trinajstić information content (AvgIpc) is 3.17. The maximum atomic E-state index is 9.15. The van der Waals surface area contributed by atoms with E-state index in [1.165, 1.54) is 0 Å². The van der Waals surface area contributed by atoms with Crippen LogP contribution in [0, 0.1) is 6.92 Å². The fourth-order valence-electron chi connectivity index (χ4n) is 3.24. The SMILES string of the molecule is COc1ccc(-c2cnc3c(NCc4ccc(CO)cc4)nccn23)cc1C. The normalized spacial score (nSPS) is 11.0. The van der Waals surface area contributed by atoms with Gasteiger partial charge in [-0.25, -0.2) is 9.97 Å². The van der Waals surface area contributed by atoms with Crippen LogP contribution in [0.15, 0.2) is 61.1 Å². The Kier molecular flexibility index (Phi) is 4.95. The van der Waals surface area contributed by atoms with Gasteiger partial charge in [0.05, 0.1) is 25.6 Å². The van der Waals surface area contributed by atoms with Crippen molar-refractivity contribution in [2.45, 2.75) is 20.1 Å². The van der Waals surface area contributed by atoms with Crippen molar-refractivity contribution in [1.82, 2.24) is 14.4 Å². The summed E-state index contributed by atoms with van der Waals surface area (Å²) in [5.41, 5.74) is 5.93. The van der Waals surface area contributed by atoms with Gasteiger partial charge < -0.3 is 15.2 Å². The van der Waals surface area contributed by atoms with Crippen molar-refractivity contribution in [1.29, 1.82) is 0 Å². The molecule has 0 fully saturated rings. The van der Waals surface area contributed by atoms with E-state index >= 15 is 0 Å². The van der Waals surface area contributed by atoms with Gasteiger partial charge in [0.15, 0.2) is 11.5 Å². The van der Waals surface area contributed by atoms with Gasteiger partial charge in [-0.3, -0.25) is 4.40 Å². The zero-order valence-corrected chi connectivity index (χ0v) is 15.9. The highest BCUT2D eigenvalue weighted by molar-refractivity contribution is 5.71. The van der Waals surface area contributed by atoms with Crippen LogP contribution in [0.3, 0.4) is 0 Å². The van der Waals surface area contributed by atoms with Gasteiger partial charge in [0.1, 0.15) is 5.75 Å². The molecule has 4 rings (SSSR count). The topological polar surface area (TPSA) is 71.7 Å². The number of aryl methyl sites for hydroxylation is 1. The molecule has 0 atom stereocenters. The second kappa shape index (κ2) is 7.70. The van der Waals surface area contributed by atoms with Crippen LogP contribution < -0.4 is 10.1 Å². The average molecular weight is 374 g/mol. The van der Waals surface area contributed by atoms with Crippen molar-refractivity contribution in [3.63, 3.8) is 0 Å². The number of aliphatic hydroxyl groups excluding tert-OH is 1. The number of hydrogen-bond donors (Lipinski definition) is 2. The van der Waals surface area contributed by atoms with E-state index in [0.29, 0.717) is 6.54 Å². The van der Waals surface area contributed by atoms with Crippen LogP contribution in [0.4, 0.5) is 5.82 Å². The molecule has 0 spiro atoms. The van der Waals surface area contributed by atoms with Gasteiger partial charge in [0.2, 0.25) is 0 Å². The Morgan fingerprint density at radius 1 is 1.07 bits per heavy atom. The molecular weight excluding hydrogens is 352 g/mol. The third kappa shape index (κ3) is 3.42. The predicted molar refractivity (Wildman–Crippen MR) is 109 cm³/mol. The second-order valence-electron chi connectivity index (χ2n) is 6.63. The van der Waals surface area contributed by atoms with Gasteiger partial charge in [-0.1, -0.05) is 24.3 Å². The van der Waals surface area contributed by atoms with Crippen molar-refractivity contribution in [2.75, 3.05) is 12.4 Å². The second-order valence-corrected chi connectivity index (χ2v) is 6.63. The molecule has 6 nitrogen and oxygen atoms in total. The van der Waals surface area contributed by atoms with Crippen LogP contribution in [-0.2, 0) is 13.2 Å². The summed E-state index contributed by atoms with van der Waals surface area (Å²) in [4.78, 5) is 9.03. The monoisotopic (exact) mass is 374 g/mol.